The van der Waals surface area contributed by atoms with E-state index in [1.807, 2.05) is 0 Å². The van der Waals surface area contributed by atoms with E-state index in [-0.39, 0.29) is 5.95 Å². The van der Waals surface area contributed by atoms with Gasteiger partial charge in [-0.05, 0) is 23.8 Å². The molecule has 1 unspecified atom stereocenters. The number of nitrogens with two attached hydrogens (primary N) is 1. The van der Waals surface area contributed by atoms with E-state index in [0.717, 1.165) is 6.54 Å². The molecule has 0 radical (unpaired) electrons. The minimum absolute atomic E-state index is 0.193. The maximum Gasteiger partial charge on any atom is 0.257 e. The van der Waals surface area contributed by atoms with Crippen LogP contribution in [0, 0.1) is 11.3 Å². The van der Waals surface area contributed by atoms with Crippen LogP contribution in [0.1, 0.15) is 20.3 Å². The number of aromatic nitrogens is 5. The fourth-order valence-corrected chi connectivity index (χ4v) is 2.09. The molecule has 0 spiro atoms. The van der Waals surface area contributed by atoms with Gasteiger partial charge in [0.05, 0.1) is 0 Å². The van der Waals surface area contributed by atoms with Crippen molar-refractivity contribution in [3.63, 3.8) is 0 Å². The van der Waals surface area contributed by atoms with Gasteiger partial charge in [0.15, 0.2) is 0 Å². The van der Waals surface area contributed by atoms with E-state index in [1.165, 1.54) is 6.42 Å². The highest BCUT2D eigenvalue weighted by molar-refractivity contribution is 5.35. The number of hydrogen-bond acceptors (Lipinski definition) is 6. The lowest BCUT2D eigenvalue weighted by Crippen LogP contribution is -2.14. The van der Waals surface area contributed by atoms with Gasteiger partial charge in [-0.25, -0.2) is 4.68 Å². The molecule has 1 aliphatic carbocycles. The van der Waals surface area contributed by atoms with Crippen molar-refractivity contribution in [1.82, 2.24) is 24.7 Å². The number of nitrogens with one attached hydrogen (secondary N) is 1. The van der Waals surface area contributed by atoms with Gasteiger partial charge in [0, 0.05) is 18.9 Å². The maximum absolute atomic E-state index is 5.70. The first-order chi connectivity index (χ1) is 9.04. The third-order valence-electron chi connectivity index (χ3n) is 3.57. The minimum Gasteiger partial charge on any atom is -0.368 e. The highest BCUT2D eigenvalue weighted by Gasteiger charge is 2.45. The molecule has 3 rings (SSSR count). The van der Waals surface area contributed by atoms with Crippen LogP contribution in [0.3, 0.4) is 0 Å². The Balaban J connectivity index is 1.75. The van der Waals surface area contributed by atoms with E-state index in [4.69, 9.17) is 5.73 Å². The van der Waals surface area contributed by atoms with Crippen molar-refractivity contribution in [2.45, 2.75) is 20.3 Å². The summed E-state index contributed by atoms with van der Waals surface area (Å²) < 4.78 is 1.56. The Hall–Kier alpha value is -2.18. The van der Waals surface area contributed by atoms with E-state index in [2.05, 4.69) is 39.2 Å². The van der Waals surface area contributed by atoms with Crippen molar-refractivity contribution in [1.29, 1.82) is 0 Å². The van der Waals surface area contributed by atoms with E-state index in [9.17, 15) is 0 Å². The van der Waals surface area contributed by atoms with Crippen LogP contribution in [-0.4, -0.2) is 31.3 Å². The summed E-state index contributed by atoms with van der Waals surface area (Å²) in [4.78, 5) is 12.5. The molecule has 0 aromatic carbocycles. The number of anilines is 2. The predicted octanol–water partition coefficient (Wildman–Crippen LogP) is 1.10. The van der Waals surface area contributed by atoms with Crippen molar-refractivity contribution in [2.24, 2.45) is 11.3 Å². The molecule has 7 heteroatoms. The molecule has 0 bridgehead atoms. The second-order valence-corrected chi connectivity index (χ2v) is 5.54. The standard InChI is InChI=1S/C12H17N7/c1-12(2)6-8(12)7-14-10-16-9(13)17-11(18-10)19-5-3-4-15-19/h3-5,8H,6-7H2,1-2H3,(H3,13,14,16,17,18). The van der Waals surface area contributed by atoms with Crippen LogP contribution in [0.25, 0.3) is 5.95 Å². The summed E-state index contributed by atoms with van der Waals surface area (Å²) >= 11 is 0. The van der Waals surface area contributed by atoms with Gasteiger partial charge in [-0.2, -0.15) is 20.1 Å². The van der Waals surface area contributed by atoms with Gasteiger partial charge in [0.2, 0.25) is 11.9 Å². The predicted molar refractivity (Wildman–Crippen MR) is 71.7 cm³/mol. The highest BCUT2D eigenvalue weighted by atomic mass is 15.4. The van der Waals surface area contributed by atoms with E-state index < -0.39 is 0 Å². The molecule has 7 nitrogen and oxygen atoms in total. The average molecular weight is 259 g/mol. The Morgan fingerprint density at radius 3 is 2.84 bits per heavy atom. The molecule has 0 aliphatic heterocycles. The molecule has 0 amide bonds. The van der Waals surface area contributed by atoms with Crippen LogP contribution in [-0.2, 0) is 0 Å². The Kier molecular flexibility index (Phi) is 2.62. The van der Waals surface area contributed by atoms with Crippen molar-refractivity contribution in [2.75, 3.05) is 17.6 Å². The lowest BCUT2D eigenvalue weighted by atomic mass is 10.1. The van der Waals surface area contributed by atoms with Crippen molar-refractivity contribution in [3.8, 4) is 5.95 Å². The highest BCUT2D eigenvalue weighted by Crippen LogP contribution is 2.51. The lowest BCUT2D eigenvalue weighted by molar-refractivity contribution is 0.572. The molecule has 2 heterocycles. The molecular weight excluding hydrogens is 242 g/mol. The first-order valence-corrected chi connectivity index (χ1v) is 6.30. The number of nitrogen functional groups attached to an aromatic ring is 1. The van der Waals surface area contributed by atoms with E-state index >= 15 is 0 Å². The van der Waals surface area contributed by atoms with Gasteiger partial charge >= 0.3 is 0 Å². The zero-order valence-electron chi connectivity index (χ0n) is 11.0. The summed E-state index contributed by atoms with van der Waals surface area (Å²) in [6.07, 6.45) is 4.66. The van der Waals surface area contributed by atoms with Crippen LogP contribution in [0.4, 0.5) is 11.9 Å². The maximum atomic E-state index is 5.70. The summed E-state index contributed by atoms with van der Waals surface area (Å²) in [5.74, 6) is 1.78. The number of nitrogens with zero attached hydrogens (tertiary/aromatic N) is 5. The van der Waals surface area contributed by atoms with Crippen molar-refractivity contribution in [3.05, 3.63) is 18.5 Å². The molecular formula is C12H17N7. The third kappa shape index (κ3) is 2.49. The summed E-state index contributed by atoms with van der Waals surface area (Å²) in [5.41, 5.74) is 6.12. The molecule has 3 N–H and O–H groups in total. The van der Waals surface area contributed by atoms with Crippen LogP contribution in [0.2, 0.25) is 0 Å². The third-order valence-corrected chi connectivity index (χ3v) is 3.57. The fraction of sp³-hybridized carbons (Fsp3) is 0.500. The molecule has 1 saturated carbocycles. The van der Waals surface area contributed by atoms with Gasteiger partial charge < -0.3 is 11.1 Å². The van der Waals surface area contributed by atoms with Crippen LogP contribution in [0.5, 0.6) is 0 Å². The summed E-state index contributed by atoms with van der Waals surface area (Å²) in [5, 5.41) is 7.30. The molecule has 19 heavy (non-hydrogen) atoms. The minimum atomic E-state index is 0.193. The second-order valence-electron chi connectivity index (χ2n) is 5.54. The summed E-state index contributed by atoms with van der Waals surface area (Å²) in [7, 11) is 0. The molecule has 2 aromatic rings. The lowest BCUT2D eigenvalue weighted by Gasteiger charge is -2.08. The van der Waals surface area contributed by atoms with Gasteiger partial charge in [-0.3, -0.25) is 0 Å². The van der Waals surface area contributed by atoms with Gasteiger partial charge in [-0.1, -0.05) is 13.8 Å². The Bertz CT molecular complexity index is 576. The molecule has 100 valence electrons. The molecule has 0 saturated heterocycles. The largest absolute Gasteiger partial charge is 0.368 e. The van der Waals surface area contributed by atoms with Crippen molar-refractivity contribution < 1.29 is 0 Å². The number of rotatable bonds is 4. The summed E-state index contributed by atoms with van der Waals surface area (Å²) in [6.45, 7) is 5.38. The van der Waals surface area contributed by atoms with Gasteiger partial charge in [0.25, 0.3) is 5.95 Å². The zero-order valence-corrected chi connectivity index (χ0v) is 11.0. The SMILES string of the molecule is CC1(C)CC1CNc1nc(N)nc(-n2cccn2)n1. The molecule has 1 aliphatic rings. The monoisotopic (exact) mass is 259 g/mol. The number of hydrogen-bond donors (Lipinski definition) is 2. The Morgan fingerprint density at radius 2 is 2.21 bits per heavy atom. The zero-order chi connectivity index (χ0) is 13.5. The van der Waals surface area contributed by atoms with Crippen LogP contribution >= 0.6 is 0 Å². The van der Waals surface area contributed by atoms with Crippen LogP contribution < -0.4 is 11.1 Å². The van der Waals surface area contributed by atoms with Gasteiger partial charge in [-0.15, -0.1) is 0 Å². The van der Waals surface area contributed by atoms with Crippen molar-refractivity contribution >= 4 is 11.9 Å². The van der Waals surface area contributed by atoms with E-state index in [0.29, 0.717) is 23.2 Å². The molecule has 2 aromatic heterocycles. The quantitative estimate of drug-likeness (QED) is 0.853. The first kappa shape index (κ1) is 11.9. The summed E-state index contributed by atoms with van der Waals surface area (Å²) in [6, 6.07) is 1.81. The second kappa shape index (κ2) is 4.18. The smallest absolute Gasteiger partial charge is 0.257 e. The average Bonchev–Trinajstić information content (AvgIpc) is 2.81. The Labute approximate surface area is 111 Å². The van der Waals surface area contributed by atoms with Crippen LogP contribution in [0.15, 0.2) is 18.5 Å². The molecule has 1 atom stereocenters. The van der Waals surface area contributed by atoms with E-state index in [1.54, 1.807) is 23.1 Å². The topological polar surface area (TPSA) is 94.5 Å². The van der Waals surface area contributed by atoms with Gasteiger partial charge in [0.1, 0.15) is 0 Å². The first-order valence-electron chi connectivity index (χ1n) is 6.30. The fourth-order valence-electron chi connectivity index (χ4n) is 2.09. The molecule has 1 fully saturated rings. The Morgan fingerprint density at radius 1 is 1.42 bits per heavy atom. The normalized spacial score (nSPS) is 20.2.